The minimum Gasteiger partial charge on any atom is -0.473 e. The summed E-state index contributed by atoms with van der Waals surface area (Å²) in [6.07, 6.45) is -0.913. The van der Waals surface area contributed by atoms with E-state index in [0.717, 1.165) is 5.69 Å². The highest BCUT2D eigenvalue weighted by molar-refractivity contribution is 6.04. The molecule has 0 bridgehead atoms. The first-order valence-electron chi connectivity index (χ1n) is 7.34. The zero-order valence-corrected chi connectivity index (χ0v) is 12.5. The highest BCUT2D eigenvalue weighted by atomic mass is 16.5. The molecule has 7 nitrogen and oxygen atoms in total. The third-order valence-electron chi connectivity index (χ3n) is 3.57. The van der Waals surface area contributed by atoms with Gasteiger partial charge in [-0.15, -0.1) is 0 Å². The summed E-state index contributed by atoms with van der Waals surface area (Å²) in [5.41, 5.74) is 7.08. The highest BCUT2D eigenvalue weighted by Crippen LogP contribution is 2.35. The quantitative estimate of drug-likeness (QED) is 0.764. The maximum Gasteiger partial charge on any atom is 0.232 e. The summed E-state index contributed by atoms with van der Waals surface area (Å²) in [7, 11) is 0. The molecule has 1 aliphatic heterocycles. The third-order valence-corrected chi connectivity index (χ3v) is 3.57. The van der Waals surface area contributed by atoms with Gasteiger partial charge < -0.3 is 15.8 Å². The number of hydrogen-bond donors (Lipinski definition) is 2. The lowest BCUT2D eigenvalue weighted by Crippen LogP contribution is -2.17. The van der Waals surface area contributed by atoms with Crippen LogP contribution in [0.15, 0.2) is 54.6 Å². The number of hydrogen-bond acceptors (Lipinski definition) is 7. The second kappa shape index (κ2) is 5.62. The number of ether oxygens (including phenoxy) is 1. The van der Waals surface area contributed by atoms with Crippen molar-refractivity contribution in [1.29, 1.82) is 0 Å². The predicted octanol–water partition coefficient (Wildman–Crippen LogP) is 2.51. The Morgan fingerprint density at radius 1 is 0.958 bits per heavy atom. The van der Waals surface area contributed by atoms with Crippen molar-refractivity contribution >= 4 is 23.4 Å². The van der Waals surface area contributed by atoms with Crippen LogP contribution < -0.4 is 15.8 Å². The number of carbonyl (C=O) groups excluding carboxylic acids is 1. The molecule has 1 atom stereocenters. The van der Waals surface area contributed by atoms with Crippen LogP contribution in [0.25, 0.3) is 0 Å². The number of Topliss-reactive ketones (excluding diaryl/α,β-unsaturated/α-hetero) is 1. The number of rotatable bonds is 3. The van der Waals surface area contributed by atoms with E-state index in [1.807, 2.05) is 30.3 Å². The van der Waals surface area contributed by atoms with E-state index in [1.54, 1.807) is 24.3 Å². The fourth-order valence-electron chi connectivity index (χ4n) is 2.50. The zero-order valence-electron chi connectivity index (χ0n) is 12.5. The minimum absolute atomic E-state index is 0.0192. The number of anilines is 3. The molecule has 4 rings (SSSR count). The molecule has 0 spiro atoms. The van der Waals surface area contributed by atoms with Crippen molar-refractivity contribution in [3.8, 4) is 5.75 Å². The summed E-state index contributed by atoms with van der Waals surface area (Å²) in [5, 5.41) is 3.04. The molecule has 2 heterocycles. The average molecular weight is 319 g/mol. The third kappa shape index (κ3) is 2.52. The Bertz CT molecular complexity index is 914. The molecule has 3 aromatic rings. The van der Waals surface area contributed by atoms with Crippen molar-refractivity contribution < 1.29 is 9.53 Å². The molecule has 0 saturated heterocycles. The normalized spacial score (nSPS) is 15.7. The number of benzene rings is 2. The van der Waals surface area contributed by atoms with Crippen LogP contribution in [0.2, 0.25) is 0 Å². The molecule has 0 unspecified atom stereocenters. The van der Waals surface area contributed by atoms with Crippen LogP contribution in [0.4, 0.5) is 17.6 Å². The molecule has 2 aromatic carbocycles. The fraction of sp³-hybridized carbons (Fsp3) is 0.0588. The van der Waals surface area contributed by atoms with Crippen LogP contribution in [0.5, 0.6) is 5.75 Å². The lowest BCUT2D eigenvalue weighted by molar-refractivity contribution is 0.0847. The molecule has 24 heavy (non-hydrogen) atoms. The van der Waals surface area contributed by atoms with E-state index in [2.05, 4.69) is 20.3 Å². The average Bonchev–Trinajstić information content (AvgIpc) is 2.93. The van der Waals surface area contributed by atoms with Gasteiger partial charge in [-0.2, -0.15) is 15.0 Å². The standard InChI is InChI=1S/C17H13N5O2/c18-16-20-15(14-13(23)11-8-4-5-9-12(11)24-14)21-17(22-16)19-10-6-2-1-3-7-10/h1-9,14H,(H3,18,19,20,21,22)/t14-/m1/s1. The number of para-hydroxylation sites is 2. The van der Waals surface area contributed by atoms with Crippen molar-refractivity contribution in [2.45, 2.75) is 6.10 Å². The van der Waals surface area contributed by atoms with Crippen molar-refractivity contribution in [2.24, 2.45) is 0 Å². The summed E-state index contributed by atoms with van der Waals surface area (Å²) < 4.78 is 5.68. The number of nitrogen functional groups attached to an aromatic ring is 1. The Balaban J connectivity index is 1.66. The van der Waals surface area contributed by atoms with Crippen molar-refractivity contribution in [2.75, 3.05) is 11.1 Å². The fourth-order valence-corrected chi connectivity index (χ4v) is 2.50. The van der Waals surface area contributed by atoms with Gasteiger partial charge in [0.15, 0.2) is 5.82 Å². The van der Waals surface area contributed by atoms with Crippen LogP contribution in [0.1, 0.15) is 22.3 Å². The SMILES string of the molecule is Nc1nc(Nc2ccccc2)nc([C@@H]2Oc3ccccc3C2=O)n1. The van der Waals surface area contributed by atoms with Crippen molar-refractivity contribution in [3.05, 3.63) is 66.0 Å². The maximum absolute atomic E-state index is 12.5. The van der Waals surface area contributed by atoms with E-state index in [1.165, 1.54) is 0 Å². The number of fused-ring (bicyclic) bond motifs is 1. The van der Waals surface area contributed by atoms with Gasteiger partial charge in [-0.3, -0.25) is 4.79 Å². The van der Waals surface area contributed by atoms with E-state index in [4.69, 9.17) is 10.5 Å². The van der Waals surface area contributed by atoms with Crippen molar-refractivity contribution in [1.82, 2.24) is 15.0 Å². The molecule has 7 heteroatoms. The van der Waals surface area contributed by atoms with Crippen LogP contribution in [0.3, 0.4) is 0 Å². The van der Waals surface area contributed by atoms with Gasteiger partial charge in [0.25, 0.3) is 0 Å². The molecule has 0 saturated carbocycles. The monoisotopic (exact) mass is 319 g/mol. The van der Waals surface area contributed by atoms with Gasteiger partial charge >= 0.3 is 0 Å². The van der Waals surface area contributed by atoms with E-state index < -0.39 is 6.10 Å². The van der Waals surface area contributed by atoms with Gasteiger partial charge in [-0.05, 0) is 24.3 Å². The van der Waals surface area contributed by atoms with E-state index in [9.17, 15) is 4.79 Å². The molecule has 1 aliphatic rings. The van der Waals surface area contributed by atoms with E-state index in [-0.39, 0.29) is 23.5 Å². The Morgan fingerprint density at radius 3 is 2.50 bits per heavy atom. The molecule has 0 amide bonds. The summed E-state index contributed by atoms with van der Waals surface area (Å²) in [6, 6.07) is 16.4. The maximum atomic E-state index is 12.5. The summed E-state index contributed by atoms with van der Waals surface area (Å²) in [5.74, 6) is 0.787. The van der Waals surface area contributed by atoms with Gasteiger partial charge in [0, 0.05) is 5.69 Å². The number of nitrogens with one attached hydrogen (secondary N) is 1. The first-order valence-corrected chi connectivity index (χ1v) is 7.34. The predicted molar refractivity (Wildman–Crippen MR) is 88.1 cm³/mol. The lowest BCUT2D eigenvalue weighted by atomic mass is 10.1. The molecule has 118 valence electrons. The Morgan fingerprint density at radius 2 is 1.71 bits per heavy atom. The molecule has 3 N–H and O–H groups in total. The largest absolute Gasteiger partial charge is 0.473 e. The van der Waals surface area contributed by atoms with Gasteiger partial charge in [0.05, 0.1) is 5.56 Å². The number of aromatic nitrogens is 3. The molecular weight excluding hydrogens is 306 g/mol. The molecule has 0 radical (unpaired) electrons. The number of nitrogens with two attached hydrogens (primary N) is 1. The number of carbonyl (C=O) groups is 1. The van der Waals surface area contributed by atoms with E-state index >= 15 is 0 Å². The van der Waals surface area contributed by atoms with Crippen LogP contribution in [-0.2, 0) is 0 Å². The zero-order chi connectivity index (χ0) is 16.5. The number of nitrogens with zero attached hydrogens (tertiary/aromatic N) is 3. The van der Waals surface area contributed by atoms with Crippen LogP contribution in [-0.4, -0.2) is 20.7 Å². The van der Waals surface area contributed by atoms with Gasteiger partial charge in [0.2, 0.25) is 23.8 Å². The van der Waals surface area contributed by atoms with Crippen LogP contribution in [0, 0.1) is 0 Å². The minimum atomic E-state index is -0.913. The highest BCUT2D eigenvalue weighted by Gasteiger charge is 2.36. The molecule has 0 fully saturated rings. The summed E-state index contributed by atoms with van der Waals surface area (Å²) in [4.78, 5) is 24.9. The number of ketones is 1. The Labute approximate surface area is 137 Å². The molecular formula is C17H13N5O2. The second-order valence-corrected chi connectivity index (χ2v) is 5.22. The van der Waals surface area contributed by atoms with Crippen LogP contribution >= 0.6 is 0 Å². The smallest absolute Gasteiger partial charge is 0.232 e. The Hall–Kier alpha value is -3.48. The summed E-state index contributed by atoms with van der Waals surface area (Å²) >= 11 is 0. The van der Waals surface area contributed by atoms with E-state index in [0.29, 0.717) is 11.3 Å². The summed E-state index contributed by atoms with van der Waals surface area (Å²) in [6.45, 7) is 0. The lowest BCUT2D eigenvalue weighted by Gasteiger charge is -2.11. The molecule has 1 aromatic heterocycles. The first kappa shape index (κ1) is 14.1. The topological polar surface area (TPSA) is 103 Å². The van der Waals surface area contributed by atoms with Gasteiger partial charge in [-0.1, -0.05) is 30.3 Å². The van der Waals surface area contributed by atoms with Gasteiger partial charge in [0.1, 0.15) is 5.75 Å². The van der Waals surface area contributed by atoms with Gasteiger partial charge in [-0.25, -0.2) is 0 Å². The Kier molecular flexibility index (Phi) is 3.31. The molecule has 0 aliphatic carbocycles. The first-order chi connectivity index (χ1) is 11.7. The second-order valence-electron chi connectivity index (χ2n) is 5.22. The van der Waals surface area contributed by atoms with Crippen molar-refractivity contribution in [3.63, 3.8) is 0 Å².